The van der Waals surface area contributed by atoms with E-state index in [1.54, 1.807) is 49.6 Å². The molecule has 1 amide bonds. The van der Waals surface area contributed by atoms with Crippen LogP contribution in [0.25, 0.3) is 5.76 Å². The minimum atomic E-state index is -0.807. The third kappa shape index (κ3) is 4.17. The molecule has 1 aromatic heterocycles. The molecule has 33 heavy (non-hydrogen) atoms. The molecule has 1 aliphatic rings. The fourth-order valence-corrected chi connectivity index (χ4v) is 4.62. The summed E-state index contributed by atoms with van der Waals surface area (Å²) in [6, 6.07) is 15.0. The average molecular weight is 466 g/mol. The molecular formula is C25H23NO6S. The Morgan fingerprint density at radius 2 is 1.73 bits per heavy atom. The number of aliphatic hydroxyl groups is 1. The Balaban J connectivity index is 1.92. The minimum absolute atomic E-state index is 0.0173. The summed E-state index contributed by atoms with van der Waals surface area (Å²) in [5, 5.41) is 13.3. The Bertz CT molecular complexity index is 1220. The molecule has 170 valence electrons. The van der Waals surface area contributed by atoms with E-state index < -0.39 is 17.7 Å². The SMILES string of the molecule is COc1cccc(C2/C(=C(\O)c3cc(OC)ccc3OC)C(=O)C(=O)N2Cc2cccs2)c1. The highest BCUT2D eigenvalue weighted by atomic mass is 32.1. The van der Waals surface area contributed by atoms with Crippen molar-refractivity contribution in [2.24, 2.45) is 0 Å². The van der Waals surface area contributed by atoms with Gasteiger partial charge in [-0.2, -0.15) is 0 Å². The topological polar surface area (TPSA) is 85.3 Å². The summed E-state index contributed by atoms with van der Waals surface area (Å²) in [6.07, 6.45) is 0. The van der Waals surface area contributed by atoms with Crippen LogP contribution in [0.4, 0.5) is 0 Å². The van der Waals surface area contributed by atoms with E-state index in [0.717, 1.165) is 4.88 Å². The first kappa shape index (κ1) is 22.4. The Hall–Kier alpha value is -3.78. The van der Waals surface area contributed by atoms with Crippen molar-refractivity contribution in [3.63, 3.8) is 0 Å². The number of benzene rings is 2. The normalized spacial score (nSPS) is 17.3. The molecular weight excluding hydrogens is 442 g/mol. The summed E-state index contributed by atoms with van der Waals surface area (Å²) < 4.78 is 16.0. The lowest BCUT2D eigenvalue weighted by molar-refractivity contribution is -0.140. The molecule has 8 heteroatoms. The lowest BCUT2D eigenvalue weighted by atomic mass is 9.94. The number of hydrogen-bond acceptors (Lipinski definition) is 7. The Labute approximate surface area is 195 Å². The summed E-state index contributed by atoms with van der Waals surface area (Å²) in [7, 11) is 4.51. The van der Waals surface area contributed by atoms with Gasteiger partial charge in [0.2, 0.25) is 0 Å². The Kier molecular flexibility index (Phi) is 6.37. The number of aliphatic hydroxyl groups excluding tert-OH is 1. The van der Waals surface area contributed by atoms with E-state index >= 15 is 0 Å². The summed E-state index contributed by atoms with van der Waals surface area (Å²) in [4.78, 5) is 28.8. The lowest BCUT2D eigenvalue weighted by Gasteiger charge is -2.25. The standard InChI is InChI=1S/C25H23NO6S/c1-30-16-7-4-6-15(12-16)22-21(23(27)19-13-17(31-2)9-10-20(19)32-3)24(28)25(29)26(22)14-18-8-5-11-33-18/h4-13,22,27H,14H2,1-3H3/b23-21+. The van der Waals surface area contributed by atoms with Crippen LogP contribution in [-0.4, -0.2) is 43.0 Å². The number of carbonyl (C=O) groups is 2. The van der Waals surface area contributed by atoms with Gasteiger partial charge in [-0.25, -0.2) is 0 Å². The molecule has 1 fully saturated rings. The van der Waals surface area contributed by atoms with Crippen molar-refractivity contribution in [3.8, 4) is 17.2 Å². The summed E-state index contributed by atoms with van der Waals surface area (Å²) in [5.41, 5.74) is 0.892. The van der Waals surface area contributed by atoms with Gasteiger partial charge in [0, 0.05) is 4.88 Å². The van der Waals surface area contributed by atoms with E-state index in [1.807, 2.05) is 17.5 Å². The van der Waals surface area contributed by atoms with Crippen molar-refractivity contribution in [1.82, 2.24) is 4.90 Å². The zero-order valence-corrected chi connectivity index (χ0v) is 19.2. The number of ketones is 1. The highest BCUT2D eigenvalue weighted by Crippen LogP contribution is 2.43. The summed E-state index contributed by atoms with van der Waals surface area (Å²) in [6.45, 7) is 0.232. The number of ether oxygens (including phenoxy) is 3. The first-order valence-corrected chi connectivity index (χ1v) is 11.0. The molecule has 0 bridgehead atoms. The summed E-state index contributed by atoms with van der Waals surface area (Å²) in [5.74, 6) is -0.370. The van der Waals surface area contributed by atoms with Gasteiger partial charge in [0.15, 0.2) is 0 Å². The van der Waals surface area contributed by atoms with Gasteiger partial charge in [-0.05, 0) is 47.3 Å². The molecule has 0 radical (unpaired) electrons. The van der Waals surface area contributed by atoms with Crippen LogP contribution in [0, 0.1) is 0 Å². The molecule has 4 rings (SSSR count). The molecule has 1 aliphatic heterocycles. The minimum Gasteiger partial charge on any atom is -0.507 e. The second-order valence-corrected chi connectivity index (χ2v) is 8.38. The van der Waals surface area contributed by atoms with Crippen LogP contribution >= 0.6 is 11.3 Å². The molecule has 3 aromatic rings. The fourth-order valence-electron chi connectivity index (χ4n) is 3.92. The van der Waals surface area contributed by atoms with E-state index in [4.69, 9.17) is 14.2 Å². The van der Waals surface area contributed by atoms with Crippen LogP contribution in [-0.2, 0) is 16.1 Å². The highest BCUT2D eigenvalue weighted by Gasteiger charge is 2.46. The molecule has 1 saturated heterocycles. The largest absolute Gasteiger partial charge is 0.507 e. The summed E-state index contributed by atoms with van der Waals surface area (Å²) >= 11 is 1.49. The predicted molar refractivity (Wildman–Crippen MR) is 125 cm³/mol. The molecule has 1 unspecified atom stereocenters. The van der Waals surface area contributed by atoms with Crippen molar-refractivity contribution < 1.29 is 28.9 Å². The van der Waals surface area contributed by atoms with E-state index in [-0.39, 0.29) is 23.4 Å². The lowest BCUT2D eigenvalue weighted by Crippen LogP contribution is -2.28. The van der Waals surface area contributed by atoms with Crippen LogP contribution in [0.15, 0.2) is 65.6 Å². The van der Waals surface area contributed by atoms with E-state index in [9.17, 15) is 14.7 Å². The van der Waals surface area contributed by atoms with Crippen molar-refractivity contribution >= 4 is 28.8 Å². The van der Waals surface area contributed by atoms with Crippen LogP contribution in [0.3, 0.4) is 0 Å². The molecule has 2 aromatic carbocycles. The third-order valence-electron chi connectivity index (χ3n) is 5.52. The predicted octanol–water partition coefficient (Wildman–Crippen LogP) is 4.40. The first-order valence-electron chi connectivity index (χ1n) is 10.2. The number of Topliss-reactive ketones (excluding diaryl/α,β-unsaturated/α-hetero) is 1. The Morgan fingerprint density at radius 3 is 2.39 bits per heavy atom. The van der Waals surface area contributed by atoms with Gasteiger partial charge in [-0.15, -0.1) is 11.3 Å². The van der Waals surface area contributed by atoms with E-state index in [0.29, 0.717) is 22.8 Å². The van der Waals surface area contributed by atoms with E-state index in [1.165, 1.54) is 30.5 Å². The fraction of sp³-hybridized carbons (Fsp3) is 0.200. The zero-order chi connectivity index (χ0) is 23.5. The van der Waals surface area contributed by atoms with Gasteiger partial charge in [0.05, 0.1) is 45.1 Å². The number of nitrogens with zero attached hydrogens (tertiary/aromatic N) is 1. The van der Waals surface area contributed by atoms with Crippen LogP contribution in [0.1, 0.15) is 22.0 Å². The molecule has 0 saturated carbocycles. The Morgan fingerprint density at radius 1 is 0.970 bits per heavy atom. The highest BCUT2D eigenvalue weighted by molar-refractivity contribution is 7.09. The molecule has 0 spiro atoms. The number of likely N-dealkylation sites (tertiary alicyclic amines) is 1. The van der Waals surface area contributed by atoms with Crippen molar-refractivity contribution in [1.29, 1.82) is 0 Å². The van der Waals surface area contributed by atoms with Gasteiger partial charge in [0.25, 0.3) is 11.7 Å². The van der Waals surface area contributed by atoms with Gasteiger partial charge in [-0.1, -0.05) is 18.2 Å². The second-order valence-electron chi connectivity index (χ2n) is 7.35. The molecule has 1 atom stereocenters. The third-order valence-corrected chi connectivity index (χ3v) is 6.38. The maximum Gasteiger partial charge on any atom is 0.295 e. The molecule has 1 N–H and O–H groups in total. The van der Waals surface area contributed by atoms with Gasteiger partial charge >= 0.3 is 0 Å². The maximum absolute atomic E-state index is 13.2. The van der Waals surface area contributed by atoms with E-state index in [2.05, 4.69) is 0 Å². The quantitative estimate of drug-likeness (QED) is 0.316. The van der Waals surface area contributed by atoms with Crippen LogP contribution in [0.5, 0.6) is 17.2 Å². The molecule has 7 nitrogen and oxygen atoms in total. The maximum atomic E-state index is 13.2. The average Bonchev–Trinajstić information content (AvgIpc) is 3.45. The van der Waals surface area contributed by atoms with Crippen molar-refractivity contribution in [2.75, 3.05) is 21.3 Å². The molecule has 0 aliphatic carbocycles. The first-order chi connectivity index (χ1) is 16.0. The monoisotopic (exact) mass is 465 g/mol. The number of thiophene rings is 1. The van der Waals surface area contributed by atoms with Gasteiger partial charge in [0.1, 0.15) is 23.0 Å². The molecule has 2 heterocycles. The van der Waals surface area contributed by atoms with Crippen LogP contribution in [0.2, 0.25) is 0 Å². The number of carbonyl (C=O) groups excluding carboxylic acids is 2. The number of amides is 1. The van der Waals surface area contributed by atoms with Crippen molar-refractivity contribution in [2.45, 2.75) is 12.6 Å². The number of rotatable bonds is 7. The zero-order valence-electron chi connectivity index (χ0n) is 18.4. The smallest absolute Gasteiger partial charge is 0.295 e. The number of hydrogen-bond donors (Lipinski definition) is 1. The van der Waals surface area contributed by atoms with Gasteiger partial charge in [-0.3, -0.25) is 9.59 Å². The second kappa shape index (κ2) is 9.38. The van der Waals surface area contributed by atoms with Crippen molar-refractivity contribution in [3.05, 3.63) is 81.6 Å². The van der Waals surface area contributed by atoms with Gasteiger partial charge < -0.3 is 24.2 Å². The van der Waals surface area contributed by atoms with Crippen LogP contribution < -0.4 is 14.2 Å². The number of methoxy groups -OCH3 is 3.